The number of nitrogens with zero attached hydrogens (tertiary/aromatic N) is 2. The molecule has 5 rings (SSSR count). The summed E-state index contributed by atoms with van der Waals surface area (Å²) in [5.41, 5.74) is 8.68. The van der Waals surface area contributed by atoms with E-state index in [-0.39, 0.29) is 58.6 Å². The summed E-state index contributed by atoms with van der Waals surface area (Å²) in [5.74, 6) is -0.906. The summed E-state index contributed by atoms with van der Waals surface area (Å²) in [6.45, 7) is 4.18. The summed E-state index contributed by atoms with van der Waals surface area (Å²) in [7, 11) is 0. The molecular formula is C27H32N4O6. The number of β-amino-alcohol motifs (C(OH)–C–C–N with tert-alkyl or cyclic N) is 1. The van der Waals surface area contributed by atoms with E-state index in [0.29, 0.717) is 38.3 Å². The van der Waals surface area contributed by atoms with Gasteiger partial charge in [0, 0.05) is 56.0 Å². The molecule has 4 N–H and O–H groups in total. The summed E-state index contributed by atoms with van der Waals surface area (Å²) in [4.78, 5) is 30.5. The average molecular weight is 509 g/mol. The normalized spacial score (nSPS) is 23.9. The molecule has 3 atom stereocenters. The van der Waals surface area contributed by atoms with Gasteiger partial charge in [-0.25, -0.2) is 0 Å². The minimum absolute atomic E-state index is 0.0186. The van der Waals surface area contributed by atoms with E-state index in [1.165, 1.54) is 6.07 Å². The topological polar surface area (TPSA) is 135 Å². The number of carbonyl (C=O) groups excluding carboxylic acids is 2. The number of benzene rings is 2. The van der Waals surface area contributed by atoms with E-state index in [9.17, 15) is 19.8 Å². The zero-order chi connectivity index (χ0) is 25.9. The quantitative estimate of drug-likeness (QED) is 0.372. The number of hydrogen-bond acceptors (Lipinski definition) is 9. The Morgan fingerprint density at radius 1 is 1.08 bits per heavy atom. The van der Waals surface area contributed by atoms with Crippen LogP contribution in [0, 0.1) is 6.07 Å². The summed E-state index contributed by atoms with van der Waals surface area (Å²) >= 11 is 0. The van der Waals surface area contributed by atoms with Gasteiger partial charge in [0.25, 0.3) is 0 Å². The molecule has 37 heavy (non-hydrogen) atoms. The Morgan fingerprint density at radius 2 is 1.95 bits per heavy atom. The van der Waals surface area contributed by atoms with Crippen LogP contribution < -0.4 is 11.1 Å². The number of nitrogens with one attached hydrogen (secondary N) is 2. The zero-order valence-electron chi connectivity index (χ0n) is 20.6. The number of anilines is 1. The maximum absolute atomic E-state index is 13.2. The second-order valence-electron chi connectivity index (χ2n) is 9.51. The first kappa shape index (κ1) is 25.8. The molecule has 196 valence electrons. The van der Waals surface area contributed by atoms with Gasteiger partial charge in [-0.3, -0.25) is 25.1 Å². The van der Waals surface area contributed by atoms with Crippen LogP contribution >= 0.6 is 0 Å². The number of ketones is 2. The lowest BCUT2D eigenvalue weighted by Gasteiger charge is -2.26. The van der Waals surface area contributed by atoms with Crippen LogP contribution in [0.5, 0.6) is 5.75 Å². The lowest BCUT2D eigenvalue weighted by molar-refractivity contribution is -0.0973. The first-order valence-electron chi connectivity index (χ1n) is 12.8. The molecule has 1 aliphatic carbocycles. The van der Waals surface area contributed by atoms with Crippen molar-refractivity contribution in [1.29, 1.82) is 0 Å². The molecule has 2 saturated heterocycles. The van der Waals surface area contributed by atoms with Crippen molar-refractivity contribution in [3.63, 3.8) is 0 Å². The Bertz CT molecular complexity index is 1160. The number of hydrogen-bond donors (Lipinski definition) is 3. The van der Waals surface area contributed by atoms with Crippen LogP contribution in [0.1, 0.15) is 51.1 Å². The largest absolute Gasteiger partial charge is 0.507 e. The van der Waals surface area contributed by atoms with Crippen molar-refractivity contribution in [3.8, 4) is 5.75 Å². The first-order valence-corrected chi connectivity index (χ1v) is 12.8. The van der Waals surface area contributed by atoms with E-state index in [1.807, 2.05) is 0 Å². The molecule has 0 aromatic heterocycles. The van der Waals surface area contributed by atoms with Gasteiger partial charge in [0.15, 0.2) is 17.9 Å². The molecule has 2 aromatic rings. The van der Waals surface area contributed by atoms with Crippen molar-refractivity contribution in [2.45, 2.75) is 38.0 Å². The van der Waals surface area contributed by atoms with Crippen molar-refractivity contribution in [2.75, 3.05) is 51.2 Å². The Balaban J connectivity index is 1.17. The molecule has 2 aromatic carbocycles. The highest BCUT2D eigenvalue weighted by molar-refractivity contribution is 6.30. The molecule has 2 heterocycles. The number of fused-ring (bicyclic) bond motifs is 2. The van der Waals surface area contributed by atoms with Crippen LogP contribution in [0.3, 0.4) is 0 Å². The van der Waals surface area contributed by atoms with Crippen LogP contribution in [-0.2, 0) is 9.47 Å². The van der Waals surface area contributed by atoms with Crippen molar-refractivity contribution in [2.24, 2.45) is 0 Å². The van der Waals surface area contributed by atoms with Gasteiger partial charge in [-0.15, -0.1) is 0 Å². The van der Waals surface area contributed by atoms with E-state index < -0.39 is 6.29 Å². The Labute approximate surface area is 215 Å². The maximum atomic E-state index is 13.2. The van der Waals surface area contributed by atoms with Crippen LogP contribution in [0.2, 0.25) is 0 Å². The Hall–Kier alpha value is -2.86. The standard InChI is InChI=1S/C27H32N4O6/c28-10-9-22-31(16-23(33)37-22)12-3-8-21-30(14-15-36-21)13-11-29-19-6-1-4-17-24(19)27(35)25-18(26(17)34)5-2-7-20(25)32/h1-2,5-7,21-23,28-29,32-33H,3,8-16H2. The molecule has 0 bridgehead atoms. The third-order valence-electron chi connectivity index (χ3n) is 7.18. The van der Waals surface area contributed by atoms with Gasteiger partial charge >= 0.3 is 0 Å². The number of ether oxygens (including phenoxy) is 2. The number of phenols is 1. The summed E-state index contributed by atoms with van der Waals surface area (Å²) in [6, 6.07) is 10.8. The van der Waals surface area contributed by atoms with Crippen LogP contribution in [-0.4, -0.2) is 96.2 Å². The summed E-state index contributed by atoms with van der Waals surface area (Å²) < 4.78 is 11.4. The Kier molecular flexibility index (Phi) is 7.84. The SMILES string of the molecule is [NH]CCC1OC(O)CN1CCCC1OCCN1CCNc1cc[c]c2c1C(=O)c1c(O)cccc1C2=O. The number of carbonyl (C=O) groups is 2. The van der Waals surface area contributed by atoms with E-state index >= 15 is 0 Å². The van der Waals surface area contributed by atoms with Crippen molar-refractivity contribution in [1.82, 2.24) is 15.5 Å². The fourth-order valence-corrected chi connectivity index (χ4v) is 5.41. The minimum atomic E-state index is -0.789. The molecule has 3 unspecified atom stereocenters. The van der Waals surface area contributed by atoms with Gasteiger partial charge in [-0.2, -0.15) is 0 Å². The number of aromatic hydroxyl groups is 1. The highest BCUT2D eigenvalue weighted by Gasteiger charge is 2.34. The van der Waals surface area contributed by atoms with Gasteiger partial charge in [0.2, 0.25) is 0 Å². The van der Waals surface area contributed by atoms with E-state index in [4.69, 9.17) is 15.2 Å². The maximum Gasteiger partial charge on any atom is 0.200 e. The van der Waals surface area contributed by atoms with Crippen LogP contribution in [0.4, 0.5) is 5.69 Å². The molecule has 0 amide bonds. The lowest BCUT2D eigenvalue weighted by Crippen LogP contribution is -2.36. The number of aliphatic hydroxyl groups is 1. The zero-order valence-corrected chi connectivity index (χ0v) is 20.6. The summed E-state index contributed by atoms with van der Waals surface area (Å²) in [5, 5.41) is 23.3. The van der Waals surface area contributed by atoms with Crippen LogP contribution in [0.25, 0.3) is 0 Å². The third-order valence-corrected chi connectivity index (χ3v) is 7.18. The molecule has 0 saturated carbocycles. The second-order valence-corrected chi connectivity index (χ2v) is 9.51. The van der Waals surface area contributed by atoms with E-state index in [2.05, 4.69) is 21.2 Å². The van der Waals surface area contributed by atoms with Crippen molar-refractivity contribution >= 4 is 17.3 Å². The predicted molar refractivity (Wildman–Crippen MR) is 134 cm³/mol. The smallest absolute Gasteiger partial charge is 0.200 e. The highest BCUT2D eigenvalue weighted by Crippen LogP contribution is 2.35. The minimum Gasteiger partial charge on any atom is -0.507 e. The van der Waals surface area contributed by atoms with Gasteiger partial charge in [-0.05, 0) is 31.0 Å². The van der Waals surface area contributed by atoms with Gasteiger partial charge < -0.3 is 25.0 Å². The van der Waals surface area contributed by atoms with Gasteiger partial charge in [0.05, 0.1) is 24.3 Å². The average Bonchev–Trinajstić information content (AvgIpc) is 3.48. The second kappa shape index (κ2) is 11.3. The fourth-order valence-electron chi connectivity index (χ4n) is 5.41. The van der Waals surface area contributed by atoms with Crippen LogP contribution in [0.15, 0.2) is 30.3 Å². The number of phenolic OH excluding ortho intramolecular Hbond substituents is 1. The van der Waals surface area contributed by atoms with Gasteiger partial charge in [-0.1, -0.05) is 18.2 Å². The van der Waals surface area contributed by atoms with E-state index in [0.717, 1.165) is 25.9 Å². The molecule has 2 radical (unpaired) electrons. The first-order chi connectivity index (χ1) is 18.0. The number of aliphatic hydroxyl groups excluding tert-OH is 1. The van der Waals surface area contributed by atoms with Gasteiger partial charge in [0.1, 0.15) is 18.2 Å². The molecule has 3 aliphatic rings. The molecule has 2 fully saturated rings. The molecular weight excluding hydrogens is 476 g/mol. The molecule has 0 spiro atoms. The summed E-state index contributed by atoms with van der Waals surface area (Å²) in [6.07, 6.45) is 1.28. The third kappa shape index (κ3) is 5.26. The van der Waals surface area contributed by atoms with Crippen molar-refractivity contribution < 1.29 is 29.3 Å². The predicted octanol–water partition coefficient (Wildman–Crippen LogP) is 1.47. The highest BCUT2D eigenvalue weighted by atomic mass is 16.6. The number of rotatable bonds is 10. The molecule has 2 aliphatic heterocycles. The monoisotopic (exact) mass is 508 g/mol. The van der Waals surface area contributed by atoms with Crippen molar-refractivity contribution in [3.05, 3.63) is 58.7 Å². The lowest BCUT2D eigenvalue weighted by atomic mass is 9.82. The Morgan fingerprint density at radius 3 is 2.78 bits per heavy atom. The fraction of sp³-hybridized carbons (Fsp3) is 0.481. The van der Waals surface area contributed by atoms with E-state index in [1.54, 1.807) is 24.3 Å². The molecule has 10 heteroatoms. The molecule has 10 nitrogen and oxygen atoms in total.